The molecule has 0 bridgehead atoms. The molecule has 1 saturated carbocycles. The number of halogens is 1. The van der Waals surface area contributed by atoms with Gasteiger partial charge in [-0.2, -0.15) is 0 Å². The van der Waals surface area contributed by atoms with Gasteiger partial charge < -0.3 is 20.7 Å². The molecule has 2 heterocycles. The second kappa shape index (κ2) is 6.29. The zero-order valence-electron chi connectivity index (χ0n) is 14.0. The minimum Gasteiger partial charge on any atom is -0.373 e. The first-order chi connectivity index (χ1) is 12.0. The van der Waals surface area contributed by atoms with Crippen molar-refractivity contribution in [3.05, 3.63) is 23.5 Å². The van der Waals surface area contributed by atoms with Gasteiger partial charge in [0.25, 0.3) is 0 Å². The van der Waals surface area contributed by atoms with Crippen molar-refractivity contribution in [3.63, 3.8) is 0 Å². The summed E-state index contributed by atoms with van der Waals surface area (Å²) in [4.78, 5) is 24.0. The van der Waals surface area contributed by atoms with Crippen molar-refractivity contribution in [2.24, 2.45) is 0 Å². The van der Waals surface area contributed by atoms with E-state index in [0.29, 0.717) is 30.7 Å². The van der Waals surface area contributed by atoms with Gasteiger partial charge in [0.05, 0.1) is 29.6 Å². The third-order valence-corrected chi connectivity index (χ3v) is 5.38. The lowest BCUT2D eigenvalue weighted by Crippen LogP contribution is -2.39. The molecular weight excluding hydrogens is 325 g/mol. The third kappa shape index (κ3) is 3.33. The summed E-state index contributed by atoms with van der Waals surface area (Å²) in [6.07, 6.45) is 6.06. The number of hydrogen-bond acceptors (Lipinski definition) is 3. The van der Waals surface area contributed by atoms with Crippen LogP contribution in [0.15, 0.2) is 12.1 Å². The highest BCUT2D eigenvalue weighted by Crippen LogP contribution is 2.41. The highest BCUT2D eigenvalue weighted by Gasteiger charge is 2.42. The maximum atomic E-state index is 13.8. The third-order valence-electron chi connectivity index (χ3n) is 5.38. The van der Waals surface area contributed by atoms with E-state index in [2.05, 4.69) is 16.0 Å². The lowest BCUT2D eigenvalue weighted by molar-refractivity contribution is -0.116. The summed E-state index contributed by atoms with van der Waals surface area (Å²) in [7, 11) is 0. The van der Waals surface area contributed by atoms with Crippen LogP contribution in [-0.2, 0) is 16.0 Å². The number of aryl methyl sites for hydroxylation is 1. The van der Waals surface area contributed by atoms with E-state index >= 15 is 0 Å². The number of hydrogen-bond donors (Lipinski definition) is 3. The molecule has 1 aromatic rings. The van der Waals surface area contributed by atoms with Gasteiger partial charge in [-0.3, -0.25) is 4.79 Å². The van der Waals surface area contributed by atoms with E-state index in [1.54, 1.807) is 0 Å². The summed E-state index contributed by atoms with van der Waals surface area (Å²) in [6.45, 7) is 0.505. The van der Waals surface area contributed by atoms with Crippen molar-refractivity contribution in [2.75, 3.05) is 17.2 Å². The van der Waals surface area contributed by atoms with Crippen molar-refractivity contribution in [1.82, 2.24) is 5.32 Å². The van der Waals surface area contributed by atoms with E-state index in [1.807, 2.05) is 0 Å². The lowest BCUT2D eigenvalue weighted by Gasteiger charge is -2.22. The number of rotatable bonds is 2. The fraction of sp³-hybridized carbons (Fsp3) is 0.556. The van der Waals surface area contributed by atoms with E-state index in [1.165, 1.54) is 25.0 Å². The number of carbonyl (C=O) groups is 2. The van der Waals surface area contributed by atoms with Gasteiger partial charge in [0.15, 0.2) is 0 Å². The summed E-state index contributed by atoms with van der Waals surface area (Å²) in [5, 5.41) is 8.30. The maximum Gasteiger partial charge on any atom is 0.319 e. The number of urea groups is 1. The van der Waals surface area contributed by atoms with Gasteiger partial charge in [-0.25, -0.2) is 9.18 Å². The van der Waals surface area contributed by atoms with Crippen molar-refractivity contribution < 1.29 is 18.7 Å². The molecule has 1 unspecified atom stereocenters. The summed E-state index contributed by atoms with van der Waals surface area (Å²) < 4.78 is 19.7. The molecule has 0 aromatic heterocycles. The van der Waals surface area contributed by atoms with Gasteiger partial charge in [0, 0.05) is 6.42 Å². The standard InChI is InChI=1S/C18H22FN3O3/c19-12-7-11-3-4-15(23)22-16(11)14(8-12)21-17(24)20-13-9-18(25-10-13)5-1-2-6-18/h7-8,13H,1-6,9-10H2,(H,22,23)(H2,20,21,24). The number of anilines is 2. The summed E-state index contributed by atoms with van der Waals surface area (Å²) in [5.41, 5.74) is 1.41. The Morgan fingerprint density at radius 2 is 2.08 bits per heavy atom. The SMILES string of the molecule is O=C1CCc2cc(F)cc(NC(=O)NC3COC4(CCCC4)C3)c2N1. The Bertz CT molecular complexity index is 716. The molecule has 0 radical (unpaired) electrons. The van der Waals surface area contributed by atoms with Gasteiger partial charge in [0.2, 0.25) is 5.91 Å². The van der Waals surface area contributed by atoms with Crippen molar-refractivity contribution >= 4 is 23.3 Å². The van der Waals surface area contributed by atoms with Crippen LogP contribution < -0.4 is 16.0 Å². The van der Waals surface area contributed by atoms with Crippen molar-refractivity contribution in [1.29, 1.82) is 0 Å². The first kappa shape index (κ1) is 16.3. The molecule has 6 nitrogen and oxygen atoms in total. The van der Waals surface area contributed by atoms with Gasteiger partial charge in [-0.1, -0.05) is 12.8 Å². The zero-order chi connectivity index (χ0) is 17.4. The molecule has 134 valence electrons. The number of fused-ring (bicyclic) bond motifs is 1. The fourth-order valence-corrected chi connectivity index (χ4v) is 4.21. The molecule has 1 spiro atoms. The average molecular weight is 347 g/mol. The molecule has 3 N–H and O–H groups in total. The fourth-order valence-electron chi connectivity index (χ4n) is 4.21. The second-order valence-corrected chi connectivity index (χ2v) is 7.24. The molecule has 1 aromatic carbocycles. The van der Waals surface area contributed by atoms with Crippen molar-refractivity contribution in [2.45, 2.75) is 56.6 Å². The van der Waals surface area contributed by atoms with Crippen LogP contribution in [0.4, 0.5) is 20.6 Å². The first-order valence-electron chi connectivity index (χ1n) is 8.87. The van der Waals surface area contributed by atoms with E-state index in [9.17, 15) is 14.0 Å². The summed E-state index contributed by atoms with van der Waals surface area (Å²) in [5.74, 6) is -0.561. The lowest BCUT2D eigenvalue weighted by atomic mass is 9.96. The second-order valence-electron chi connectivity index (χ2n) is 7.24. The molecule has 3 aliphatic rings. The minimum atomic E-state index is -0.431. The summed E-state index contributed by atoms with van der Waals surface area (Å²) in [6, 6.07) is 2.17. The van der Waals surface area contributed by atoms with Crippen LogP contribution in [0.3, 0.4) is 0 Å². The summed E-state index contributed by atoms with van der Waals surface area (Å²) >= 11 is 0. The highest BCUT2D eigenvalue weighted by atomic mass is 19.1. The molecular formula is C18H22FN3O3. The highest BCUT2D eigenvalue weighted by molar-refractivity contribution is 6.01. The number of benzene rings is 1. The smallest absolute Gasteiger partial charge is 0.319 e. The largest absolute Gasteiger partial charge is 0.373 e. The van der Waals surface area contributed by atoms with E-state index in [0.717, 1.165) is 19.3 Å². The number of amides is 3. The van der Waals surface area contributed by atoms with Crippen LogP contribution in [0.25, 0.3) is 0 Å². The molecule has 3 amide bonds. The Morgan fingerprint density at radius 1 is 1.28 bits per heavy atom. The minimum absolute atomic E-state index is 0.0444. The van der Waals surface area contributed by atoms with Crippen LogP contribution in [0.5, 0.6) is 0 Å². The first-order valence-corrected chi connectivity index (χ1v) is 8.87. The molecule has 4 rings (SSSR count). The number of ether oxygens (including phenoxy) is 1. The van der Waals surface area contributed by atoms with E-state index in [-0.39, 0.29) is 23.2 Å². The molecule has 2 aliphatic heterocycles. The van der Waals surface area contributed by atoms with Crippen LogP contribution in [0.2, 0.25) is 0 Å². The monoisotopic (exact) mass is 347 g/mol. The Kier molecular flexibility index (Phi) is 4.11. The Balaban J connectivity index is 1.43. The predicted octanol–water partition coefficient (Wildman–Crippen LogP) is 2.93. The Hall–Kier alpha value is -2.15. The van der Waals surface area contributed by atoms with Gasteiger partial charge in [-0.15, -0.1) is 0 Å². The zero-order valence-corrected chi connectivity index (χ0v) is 14.0. The van der Waals surface area contributed by atoms with E-state index in [4.69, 9.17) is 4.74 Å². The van der Waals surface area contributed by atoms with Crippen LogP contribution in [0.1, 0.15) is 44.1 Å². The van der Waals surface area contributed by atoms with Gasteiger partial charge in [-0.05, 0) is 43.4 Å². The predicted molar refractivity (Wildman–Crippen MR) is 91.1 cm³/mol. The maximum absolute atomic E-state index is 13.8. The topological polar surface area (TPSA) is 79.5 Å². The molecule has 1 aliphatic carbocycles. The van der Waals surface area contributed by atoms with Crippen molar-refractivity contribution in [3.8, 4) is 0 Å². The number of nitrogens with one attached hydrogen (secondary N) is 3. The molecule has 7 heteroatoms. The van der Waals surface area contributed by atoms with Gasteiger partial charge in [0.1, 0.15) is 5.82 Å². The normalized spacial score (nSPS) is 24.0. The van der Waals surface area contributed by atoms with Crippen LogP contribution in [-0.4, -0.2) is 30.2 Å². The average Bonchev–Trinajstić information content (AvgIpc) is 3.18. The molecule has 1 saturated heterocycles. The van der Waals surface area contributed by atoms with Crippen LogP contribution in [0, 0.1) is 5.82 Å². The number of carbonyl (C=O) groups excluding carboxylic acids is 2. The molecule has 25 heavy (non-hydrogen) atoms. The molecule has 2 fully saturated rings. The van der Waals surface area contributed by atoms with E-state index < -0.39 is 11.8 Å². The molecule has 1 atom stereocenters. The quantitative estimate of drug-likeness (QED) is 0.769. The Labute approximate surface area is 145 Å². The van der Waals surface area contributed by atoms with Crippen LogP contribution >= 0.6 is 0 Å². The Morgan fingerprint density at radius 3 is 2.88 bits per heavy atom. The van der Waals surface area contributed by atoms with Gasteiger partial charge >= 0.3 is 6.03 Å².